The summed E-state index contributed by atoms with van der Waals surface area (Å²) in [5.41, 5.74) is 35.6. The molecule has 4 heterocycles. The van der Waals surface area contributed by atoms with E-state index < -0.39 is 0 Å². The average Bonchev–Trinajstić information content (AvgIpc) is 0.763. The molecule has 0 saturated carbocycles. The maximum Gasteiger partial charge on any atom is 0.119 e. The molecule has 2 aliphatic rings. The number of nitrogens with zero attached hydrogens (tertiary/aromatic N) is 4. The zero-order chi connectivity index (χ0) is 66.4. The summed E-state index contributed by atoms with van der Waals surface area (Å²) in [6, 6.07) is 47.4. The first-order valence-electron chi connectivity index (χ1n) is 34.2. The van der Waals surface area contributed by atoms with Crippen molar-refractivity contribution in [2.45, 2.75) is 133 Å². The van der Waals surface area contributed by atoms with Gasteiger partial charge in [-0.25, -0.2) is 19.9 Å². The van der Waals surface area contributed by atoms with E-state index in [1.165, 1.54) is 70.2 Å². The molecule has 7 aromatic carbocycles. The van der Waals surface area contributed by atoms with E-state index in [4.69, 9.17) is 29.4 Å². The molecule has 0 fully saturated rings. The fourth-order valence-corrected chi connectivity index (χ4v) is 14.3. The summed E-state index contributed by atoms with van der Waals surface area (Å²) in [6.07, 6.45) is 23.6. The van der Waals surface area contributed by atoms with Gasteiger partial charge in [0.05, 0.1) is 69.2 Å². The van der Waals surface area contributed by atoms with Crippen molar-refractivity contribution in [1.82, 2.24) is 19.9 Å². The third-order valence-electron chi connectivity index (χ3n) is 18.8. The van der Waals surface area contributed by atoms with E-state index in [0.717, 1.165) is 183 Å². The number of pyridine rings is 4. The average molecular weight is 1250 g/mol. The number of aromatic nitrogens is 4. The molecule has 6 heteroatoms. The Morgan fingerprint density at radius 3 is 1.05 bits per heavy atom. The first-order chi connectivity index (χ1) is 46.7. The van der Waals surface area contributed by atoms with Gasteiger partial charge in [-0.2, -0.15) is 0 Å². The van der Waals surface area contributed by atoms with E-state index in [0.29, 0.717) is 13.2 Å². The van der Waals surface area contributed by atoms with Crippen LogP contribution in [0.5, 0.6) is 11.5 Å². The Bertz CT molecular complexity index is 4850. The molecule has 4 aromatic heterocycles. The number of hydrogen-bond acceptors (Lipinski definition) is 6. The second-order valence-corrected chi connectivity index (χ2v) is 26.5. The van der Waals surface area contributed by atoms with Crippen LogP contribution in [0.15, 0.2) is 193 Å². The van der Waals surface area contributed by atoms with Crippen LogP contribution in [0, 0.1) is 92.9 Å². The van der Waals surface area contributed by atoms with E-state index in [2.05, 4.69) is 262 Å². The second kappa shape index (κ2) is 28.6. The van der Waals surface area contributed by atoms with Crippen LogP contribution in [0.3, 0.4) is 0 Å². The molecule has 474 valence electrons. The summed E-state index contributed by atoms with van der Waals surface area (Å²) in [4.78, 5) is 22.0. The highest BCUT2D eigenvalue weighted by atomic mass is 16.5. The highest BCUT2D eigenvalue weighted by Crippen LogP contribution is 2.39. The molecule has 0 bridgehead atoms. The molecule has 6 nitrogen and oxygen atoms in total. The standard InChI is InChI=1S/C90H82N4O2/c1-57-47-59(3)81(60(4)48-57)79-43-41-71-37-39-75-55-73(85(93-89(75)87(71)91-79)83-63(7)51-77(52-64(83)8)95-45-21-13-11-15-23-67-25-17-18-26-67)35-33-69-29-31-70(32-30-69)34-36-74-56-76-40-38-72-42-44-80(82-61(5)49-58(2)50-62(82)6)92-88(72)90(76)94-86(74)84-65(9)53-78(54-66(84)10)96-46-22-14-12-16-24-68-27-19-20-28-68/h17-20,25,27,29-32,37-44,47-56H,11-16,21-24,45-46H2,1-10H3. The first-order valence-corrected chi connectivity index (χ1v) is 34.2. The molecule has 0 aliphatic heterocycles. The zero-order valence-corrected chi connectivity index (χ0v) is 57.3. The minimum atomic E-state index is 0.671. The minimum Gasteiger partial charge on any atom is -0.494 e. The van der Waals surface area contributed by atoms with Gasteiger partial charge in [-0.3, -0.25) is 0 Å². The zero-order valence-electron chi connectivity index (χ0n) is 57.3. The van der Waals surface area contributed by atoms with Gasteiger partial charge in [-0.1, -0.05) is 145 Å². The molecule has 13 rings (SSSR count). The monoisotopic (exact) mass is 1250 g/mol. The fourth-order valence-electron chi connectivity index (χ4n) is 14.3. The van der Waals surface area contributed by atoms with Gasteiger partial charge in [-0.15, -0.1) is 11.5 Å². The van der Waals surface area contributed by atoms with Crippen molar-refractivity contribution in [3.05, 3.63) is 270 Å². The van der Waals surface area contributed by atoms with Gasteiger partial charge < -0.3 is 9.47 Å². The predicted octanol–water partition coefficient (Wildman–Crippen LogP) is 22.4. The number of aryl methyl sites for hydroxylation is 10. The van der Waals surface area contributed by atoms with Crippen molar-refractivity contribution in [3.63, 3.8) is 0 Å². The van der Waals surface area contributed by atoms with Crippen molar-refractivity contribution in [2.75, 3.05) is 13.2 Å². The summed E-state index contributed by atoms with van der Waals surface area (Å²) in [5, 5.41) is 4.03. The Kier molecular flexibility index (Phi) is 19.1. The van der Waals surface area contributed by atoms with Crippen LogP contribution >= 0.6 is 0 Å². The molecule has 0 amide bonds. The summed E-state index contributed by atoms with van der Waals surface area (Å²) >= 11 is 0. The first kappa shape index (κ1) is 64.1. The van der Waals surface area contributed by atoms with Gasteiger partial charge >= 0.3 is 0 Å². The number of hydrogen-bond donors (Lipinski definition) is 0. The second-order valence-electron chi connectivity index (χ2n) is 26.5. The summed E-state index contributed by atoms with van der Waals surface area (Å²) in [6.45, 7) is 23.0. The van der Waals surface area contributed by atoms with Crippen LogP contribution in [0.4, 0.5) is 0 Å². The molecule has 0 radical (unpaired) electrons. The highest BCUT2D eigenvalue weighted by Gasteiger charge is 2.21. The van der Waals surface area contributed by atoms with Gasteiger partial charge in [0.1, 0.15) is 11.5 Å². The number of fused-ring (bicyclic) bond motifs is 6. The Balaban J connectivity index is 0.826. The van der Waals surface area contributed by atoms with Gasteiger partial charge in [0.2, 0.25) is 0 Å². The van der Waals surface area contributed by atoms with E-state index in [-0.39, 0.29) is 0 Å². The van der Waals surface area contributed by atoms with Crippen molar-refractivity contribution in [2.24, 2.45) is 0 Å². The van der Waals surface area contributed by atoms with Crippen molar-refractivity contribution in [3.8, 4) is 80.2 Å². The van der Waals surface area contributed by atoms with E-state index >= 15 is 0 Å². The number of unbranched alkanes of at least 4 members (excludes halogenated alkanes) is 6. The molecule has 0 atom stereocenters. The van der Waals surface area contributed by atoms with E-state index in [1.54, 1.807) is 0 Å². The SMILES string of the molecule is Cc1cc(C)c(-c2ccc3ccc4cc(C#Cc5ccc(C#Cc6cc7ccc8ccc(-c9c(C)cc(C)cc9C)nc8c7nc6-c6c(C)cc(OCCCCCCC7=C=CC=C7)cc6C)cc5)c(-c5c(C)cc(OCCCCCCC6=C=CC=C6)cc5C)nc4c3n2)c(C)c1. The third-order valence-corrected chi connectivity index (χ3v) is 18.8. The molecule has 0 spiro atoms. The van der Waals surface area contributed by atoms with Crippen molar-refractivity contribution >= 4 is 43.6 Å². The lowest BCUT2D eigenvalue weighted by molar-refractivity contribution is 0.304. The Morgan fingerprint density at radius 2 is 0.677 bits per heavy atom. The third kappa shape index (κ3) is 14.2. The van der Waals surface area contributed by atoms with Crippen LogP contribution in [0.25, 0.3) is 88.6 Å². The van der Waals surface area contributed by atoms with Gasteiger partial charge in [0.25, 0.3) is 0 Å². The van der Waals surface area contributed by atoms with Crippen molar-refractivity contribution in [1.29, 1.82) is 0 Å². The Hall–Kier alpha value is -10.6. The molecule has 2 aliphatic carbocycles. The lowest BCUT2D eigenvalue weighted by Gasteiger charge is -2.16. The quantitative estimate of drug-likeness (QED) is 0.0328. The smallest absolute Gasteiger partial charge is 0.119 e. The van der Waals surface area contributed by atoms with Gasteiger partial charge in [-0.05, 0) is 248 Å². The van der Waals surface area contributed by atoms with Crippen LogP contribution in [0.2, 0.25) is 0 Å². The number of benzene rings is 7. The number of ether oxygens (including phenoxy) is 2. The Morgan fingerprint density at radius 1 is 0.333 bits per heavy atom. The van der Waals surface area contributed by atoms with Crippen molar-refractivity contribution < 1.29 is 9.47 Å². The minimum absolute atomic E-state index is 0.671. The van der Waals surface area contributed by atoms with E-state index in [1.807, 2.05) is 12.2 Å². The van der Waals surface area contributed by atoms with Gasteiger partial charge in [0.15, 0.2) is 0 Å². The van der Waals surface area contributed by atoms with Crippen LogP contribution in [0.1, 0.15) is 142 Å². The molecule has 96 heavy (non-hydrogen) atoms. The molecular weight excluding hydrogens is 1170 g/mol. The largest absolute Gasteiger partial charge is 0.494 e. The molecule has 0 N–H and O–H groups in total. The normalized spacial score (nSPS) is 12.2. The van der Waals surface area contributed by atoms with Crippen LogP contribution < -0.4 is 9.47 Å². The Labute approximate surface area is 567 Å². The molecule has 0 saturated heterocycles. The van der Waals surface area contributed by atoms with Gasteiger partial charge in [0, 0.05) is 54.9 Å². The lowest BCUT2D eigenvalue weighted by atomic mass is 9.94. The lowest BCUT2D eigenvalue weighted by Crippen LogP contribution is -2.01. The van der Waals surface area contributed by atoms with E-state index in [9.17, 15) is 0 Å². The molecule has 0 unspecified atom stereocenters. The molecule has 11 aromatic rings. The number of allylic oxidation sites excluding steroid dienone is 6. The predicted molar refractivity (Wildman–Crippen MR) is 400 cm³/mol. The number of rotatable bonds is 20. The molecular formula is C90H82N4O2. The highest BCUT2D eigenvalue weighted by molar-refractivity contribution is 6.06. The maximum atomic E-state index is 6.45. The summed E-state index contributed by atoms with van der Waals surface area (Å²) in [7, 11) is 0. The summed E-state index contributed by atoms with van der Waals surface area (Å²) in [5.74, 6) is 16.1. The summed E-state index contributed by atoms with van der Waals surface area (Å²) < 4.78 is 12.9. The van der Waals surface area contributed by atoms with Crippen LogP contribution in [-0.2, 0) is 0 Å². The van der Waals surface area contributed by atoms with Crippen LogP contribution in [-0.4, -0.2) is 33.1 Å². The maximum absolute atomic E-state index is 6.45. The topological polar surface area (TPSA) is 70.0 Å². The fraction of sp³-hybridized carbons (Fsp3) is 0.244.